The first kappa shape index (κ1) is 14.9. The minimum Gasteiger partial charge on any atom is -0.458 e. The summed E-state index contributed by atoms with van der Waals surface area (Å²) in [6.07, 6.45) is -0.293. The summed E-state index contributed by atoms with van der Waals surface area (Å²) in [5.74, 6) is -0.460. The molecule has 0 aliphatic carbocycles. The number of nitrogens with two attached hydrogens (primary N) is 1. The highest BCUT2D eigenvalue weighted by atomic mass is 32.1. The highest BCUT2D eigenvalue weighted by Crippen LogP contribution is 2.33. The van der Waals surface area contributed by atoms with Gasteiger partial charge in [0.05, 0.1) is 23.6 Å². The zero-order valence-corrected chi connectivity index (χ0v) is 12.4. The van der Waals surface area contributed by atoms with Gasteiger partial charge in [-0.1, -0.05) is 11.3 Å². The van der Waals surface area contributed by atoms with Crippen LogP contribution in [-0.2, 0) is 14.3 Å². The van der Waals surface area contributed by atoms with Gasteiger partial charge in [-0.05, 0) is 0 Å². The van der Waals surface area contributed by atoms with Crippen molar-refractivity contribution in [1.82, 2.24) is 14.5 Å². The Bertz CT molecular complexity index is 772. The second-order valence-electron chi connectivity index (χ2n) is 4.87. The van der Waals surface area contributed by atoms with Crippen molar-refractivity contribution in [2.75, 3.05) is 12.3 Å². The molecule has 2 aromatic rings. The van der Waals surface area contributed by atoms with Gasteiger partial charge in [0.2, 0.25) is 5.95 Å². The normalized spacial score (nSPS) is 24.7. The van der Waals surface area contributed by atoms with Gasteiger partial charge in [-0.2, -0.15) is 4.98 Å². The van der Waals surface area contributed by atoms with Crippen molar-refractivity contribution >= 4 is 33.6 Å². The predicted molar refractivity (Wildman–Crippen MR) is 77.3 cm³/mol. The van der Waals surface area contributed by atoms with Gasteiger partial charge >= 0.3 is 10.8 Å². The van der Waals surface area contributed by atoms with Crippen LogP contribution in [0, 0.1) is 0 Å². The van der Waals surface area contributed by atoms with E-state index in [4.69, 9.17) is 15.2 Å². The van der Waals surface area contributed by atoms with Crippen LogP contribution in [0.15, 0.2) is 11.0 Å². The topological polar surface area (TPSA) is 130 Å². The molecule has 22 heavy (non-hydrogen) atoms. The molecular weight excluding hydrogens is 312 g/mol. The summed E-state index contributed by atoms with van der Waals surface area (Å²) in [4.78, 5) is 31.1. The van der Waals surface area contributed by atoms with Crippen LogP contribution in [0.1, 0.15) is 19.6 Å². The van der Waals surface area contributed by atoms with Gasteiger partial charge in [-0.25, -0.2) is 4.98 Å². The van der Waals surface area contributed by atoms with Crippen LogP contribution in [0.2, 0.25) is 0 Å². The van der Waals surface area contributed by atoms with Crippen LogP contribution in [0.3, 0.4) is 0 Å². The number of nitrogen functional groups attached to an aromatic ring is 1. The van der Waals surface area contributed by atoms with E-state index in [0.717, 1.165) is 11.3 Å². The predicted octanol–water partition coefficient (Wildman–Crippen LogP) is -0.353. The van der Waals surface area contributed by atoms with Gasteiger partial charge < -0.3 is 20.3 Å². The quantitative estimate of drug-likeness (QED) is 0.732. The van der Waals surface area contributed by atoms with Crippen LogP contribution >= 0.6 is 11.3 Å². The van der Waals surface area contributed by atoms with Gasteiger partial charge in [-0.15, -0.1) is 0 Å². The highest BCUT2D eigenvalue weighted by Gasteiger charge is 2.40. The molecule has 3 rings (SSSR count). The number of ether oxygens (including phenoxy) is 2. The number of esters is 1. The summed E-state index contributed by atoms with van der Waals surface area (Å²) < 4.78 is 12.7. The van der Waals surface area contributed by atoms with Crippen LogP contribution < -0.4 is 10.6 Å². The summed E-state index contributed by atoms with van der Waals surface area (Å²) in [5, 5.41) is 9.26. The SMILES string of the molecule is CC(=O)O[C@@H]1CC(CO)OC1n1c(=O)sc2cnc(N)nc21. The number of rotatable bonds is 3. The van der Waals surface area contributed by atoms with Gasteiger partial charge in [0.25, 0.3) is 0 Å². The molecule has 1 fully saturated rings. The van der Waals surface area contributed by atoms with Crippen molar-refractivity contribution < 1.29 is 19.4 Å². The zero-order chi connectivity index (χ0) is 15.9. The maximum Gasteiger partial charge on any atom is 0.311 e. The number of nitrogens with zero attached hydrogens (tertiary/aromatic N) is 3. The molecule has 3 atom stereocenters. The Morgan fingerprint density at radius 1 is 1.68 bits per heavy atom. The molecule has 0 amide bonds. The Labute approximate surface area is 128 Å². The molecule has 3 N–H and O–H groups in total. The van der Waals surface area contributed by atoms with Gasteiger partial charge in [-0.3, -0.25) is 14.2 Å². The first-order chi connectivity index (χ1) is 10.5. The first-order valence-corrected chi connectivity index (χ1v) is 7.38. The maximum absolute atomic E-state index is 12.3. The monoisotopic (exact) mass is 326 g/mol. The Hall–Kier alpha value is -2.04. The number of hydrogen-bond donors (Lipinski definition) is 2. The van der Waals surface area contributed by atoms with Crippen LogP contribution in [0.4, 0.5) is 5.95 Å². The lowest BCUT2D eigenvalue weighted by Crippen LogP contribution is -2.30. The lowest BCUT2D eigenvalue weighted by atomic mass is 10.2. The minimum atomic E-state index is -0.850. The van der Waals surface area contributed by atoms with E-state index in [1.165, 1.54) is 17.7 Å². The molecule has 2 unspecified atom stereocenters. The number of fused-ring (bicyclic) bond motifs is 1. The van der Waals surface area contributed by atoms with E-state index < -0.39 is 24.4 Å². The molecule has 1 saturated heterocycles. The maximum atomic E-state index is 12.3. The molecule has 0 aromatic carbocycles. The van der Waals surface area contributed by atoms with Crippen molar-refractivity contribution in [3.8, 4) is 0 Å². The molecule has 118 valence electrons. The van der Waals surface area contributed by atoms with Gasteiger partial charge in [0.15, 0.2) is 11.9 Å². The molecule has 2 aromatic heterocycles. The lowest BCUT2D eigenvalue weighted by Gasteiger charge is -2.19. The van der Waals surface area contributed by atoms with E-state index in [9.17, 15) is 14.7 Å². The molecule has 0 saturated carbocycles. The van der Waals surface area contributed by atoms with Crippen molar-refractivity contribution in [2.24, 2.45) is 0 Å². The Morgan fingerprint density at radius 2 is 2.45 bits per heavy atom. The highest BCUT2D eigenvalue weighted by molar-refractivity contribution is 7.16. The van der Waals surface area contributed by atoms with E-state index >= 15 is 0 Å². The third kappa shape index (κ3) is 2.56. The number of thiazole rings is 1. The van der Waals surface area contributed by atoms with Crippen molar-refractivity contribution in [2.45, 2.75) is 31.8 Å². The first-order valence-electron chi connectivity index (χ1n) is 6.56. The molecule has 1 aliphatic heterocycles. The van der Waals surface area contributed by atoms with E-state index in [0.29, 0.717) is 16.8 Å². The zero-order valence-electron chi connectivity index (χ0n) is 11.6. The Balaban J connectivity index is 2.08. The molecule has 3 heterocycles. The minimum absolute atomic E-state index is 0.0276. The second-order valence-corrected chi connectivity index (χ2v) is 5.86. The molecule has 0 spiro atoms. The van der Waals surface area contributed by atoms with E-state index in [1.54, 1.807) is 0 Å². The Kier molecular flexibility index (Phi) is 3.81. The van der Waals surface area contributed by atoms with Crippen molar-refractivity contribution in [3.05, 3.63) is 15.9 Å². The van der Waals surface area contributed by atoms with Crippen molar-refractivity contribution in [3.63, 3.8) is 0 Å². The number of anilines is 1. The summed E-state index contributed by atoms with van der Waals surface area (Å²) in [5.41, 5.74) is 5.89. The largest absolute Gasteiger partial charge is 0.458 e. The van der Waals surface area contributed by atoms with Crippen LogP contribution in [-0.4, -0.2) is 44.4 Å². The lowest BCUT2D eigenvalue weighted by molar-refractivity contribution is -0.152. The number of aliphatic hydroxyl groups is 1. The number of hydrogen-bond acceptors (Lipinski definition) is 9. The fraction of sp³-hybridized carbons (Fsp3) is 0.500. The third-order valence-electron chi connectivity index (χ3n) is 3.30. The fourth-order valence-electron chi connectivity index (χ4n) is 2.45. The van der Waals surface area contributed by atoms with E-state index in [2.05, 4.69) is 9.97 Å². The number of carbonyl (C=O) groups is 1. The van der Waals surface area contributed by atoms with Crippen LogP contribution in [0.25, 0.3) is 10.3 Å². The molecule has 0 bridgehead atoms. The average molecular weight is 326 g/mol. The molecule has 9 nitrogen and oxygen atoms in total. The fourth-order valence-corrected chi connectivity index (χ4v) is 3.27. The van der Waals surface area contributed by atoms with Crippen molar-refractivity contribution in [1.29, 1.82) is 0 Å². The second kappa shape index (κ2) is 5.63. The summed E-state index contributed by atoms with van der Waals surface area (Å²) in [6.45, 7) is 1.04. The standard InChI is InChI=1S/C12H14N4O5S/c1-5(18)20-7-2-6(4-17)21-10(7)16-9-8(22-12(16)19)3-14-11(13)15-9/h3,6-7,10,17H,2,4H2,1H3,(H2,13,14,15)/t6?,7-,10?/m1/s1. The molecule has 0 radical (unpaired) electrons. The number of aliphatic hydroxyl groups excluding tert-OH is 1. The molecule has 10 heteroatoms. The molecular formula is C12H14N4O5S. The third-order valence-corrected chi connectivity index (χ3v) is 4.18. The van der Waals surface area contributed by atoms with Gasteiger partial charge in [0.1, 0.15) is 6.10 Å². The average Bonchev–Trinajstić information content (AvgIpc) is 2.98. The smallest absolute Gasteiger partial charge is 0.311 e. The van der Waals surface area contributed by atoms with E-state index in [1.807, 2.05) is 0 Å². The summed E-state index contributed by atoms with van der Waals surface area (Å²) in [6, 6.07) is 0. The Morgan fingerprint density at radius 3 is 3.14 bits per heavy atom. The summed E-state index contributed by atoms with van der Waals surface area (Å²) >= 11 is 0.948. The van der Waals surface area contributed by atoms with E-state index in [-0.39, 0.29) is 17.4 Å². The molecule has 1 aliphatic rings. The number of aromatic nitrogens is 3. The van der Waals surface area contributed by atoms with Gasteiger partial charge in [0, 0.05) is 13.3 Å². The number of carbonyl (C=O) groups excluding carboxylic acids is 1. The summed E-state index contributed by atoms with van der Waals surface area (Å²) in [7, 11) is 0. The van der Waals surface area contributed by atoms with Crippen LogP contribution in [0.5, 0.6) is 0 Å².